The summed E-state index contributed by atoms with van der Waals surface area (Å²) >= 11 is 6.20. The number of hydrogen-bond acceptors (Lipinski definition) is 4. The minimum Gasteiger partial charge on any atom is -0.497 e. The number of amides is 1. The lowest BCUT2D eigenvalue weighted by atomic mass is 10.0. The maximum absolute atomic E-state index is 12.5. The van der Waals surface area contributed by atoms with Gasteiger partial charge in [0.25, 0.3) is 5.91 Å². The van der Waals surface area contributed by atoms with Crippen LogP contribution in [0.3, 0.4) is 0 Å². The lowest BCUT2D eigenvalue weighted by Gasteiger charge is -2.19. The molecular formula is C18H18ClNO4. The summed E-state index contributed by atoms with van der Waals surface area (Å²) in [7, 11) is 2.83. The number of carbonyl (C=O) groups is 2. The van der Waals surface area contributed by atoms with Gasteiger partial charge in [0.1, 0.15) is 5.75 Å². The Morgan fingerprint density at radius 3 is 2.54 bits per heavy atom. The summed E-state index contributed by atoms with van der Waals surface area (Å²) < 4.78 is 9.83. The van der Waals surface area contributed by atoms with Crippen LogP contribution in [0.5, 0.6) is 5.75 Å². The second kappa shape index (κ2) is 8.36. The summed E-state index contributed by atoms with van der Waals surface area (Å²) in [4.78, 5) is 24.2. The predicted octanol–water partition coefficient (Wildman–Crippen LogP) is 3.38. The molecule has 0 radical (unpaired) electrons. The van der Waals surface area contributed by atoms with Crippen molar-refractivity contribution in [3.05, 3.63) is 64.7 Å². The molecule has 0 aromatic heterocycles. The van der Waals surface area contributed by atoms with Crippen molar-refractivity contribution in [2.75, 3.05) is 14.2 Å². The molecule has 1 amide bonds. The Labute approximate surface area is 145 Å². The average Bonchev–Trinajstić information content (AvgIpc) is 2.61. The van der Waals surface area contributed by atoms with E-state index in [2.05, 4.69) is 5.32 Å². The van der Waals surface area contributed by atoms with Crippen molar-refractivity contribution in [2.24, 2.45) is 0 Å². The van der Waals surface area contributed by atoms with Crippen LogP contribution in [0.1, 0.15) is 28.4 Å². The van der Waals surface area contributed by atoms with Crippen LogP contribution in [0.2, 0.25) is 5.02 Å². The fourth-order valence-corrected chi connectivity index (χ4v) is 2.52. The van der Waals surface area contributed by atoms with E-state index in [1.165, 1.54) is 14.2 Å². The highest BCUT2D eigenvalue weighted by molar-refractivity contribution is 6.31. The second-order valence-electron chi connectivity index (χ2n) is 5.06. The van der Waals surface area contributed by atoms with Crippen LogP contribution in [0.15, 0.2) is 48.5 Å². The van der Waals surface area contributed by atoms with Gasteiger partial charge in [0.15, 0.2) is 0 Å². The summed E-state index contributed by atoms with van der Waals surface area (Å²) in [6, 6.07) is 13.2. The number of nitrogens with one attached hydrogen (secondary N) is 1. The molecule has 0 aliphatic carbocycles. The summed E-state index contributed by atoms with van der Waals surface area (Å²) in [6.45, 7) is 0. The lowest BCUT2D eigenvalue weighted by molar-refractivity contribution is -0.141. The number of methoxy groups -OCH3 is 2. The SMILES string of the molecule is COC(=O)C[C@H](NC(=O)c1cccc(OC)c1)c1ccccc1Cl. The molecule has 2 rings (SSSR count). The first-order valence-corrected chi connectivity index (χ1v) is 7.69. The third-order valence-corrected chi connectivity index (χ3v) is 3.86. The van der Waals surface area contributed by atoms with Gasteiger partial charge in [0, 0.05) is 10.6 Å². The average molecular weight is 348 g/mol. The van der Waals surface area contributed by atoms with Crippen LogP contribution in [-0.4, -0.2) is 26.1 Å². The molecule has 0 heterocycles. The molecule has 126 valence electrons. The third kappa shape index (κ3) is 4.49. The van der Waals surface area contributed by atoms with Crippen LogP contribution >= 0.6 is 11.6 Å². The third-order valence-electron chi connectivity index (χ3n) is 3.52. The van der Waals surface area contributed by atoms with Crippen LogP contribution in [0.4, 0.5) is 0 Å². The van der Waals surface area contributed by atoms with Crippen molar-refractivity contribution in [1.29, 1.82) is 0 Å². The minimum atomic E-state index is -0.593. The molecule has 1 atom stereocenters. The van der Waals surface area contributed by atoms with E-state index in [0.717, 1.165) is 0 Å². The highest BCUT2D eigenvalue weighted by Gasteiger charge is 2.21. The van der Waals surface area contributed by atoms with E-state index in [9.17, 15) is 9.59 Å². The first-order valence-electron chi connectivity index (χ1n) is 7.31. The zero-order valence-electron chi connectivity index (χ0n) is 13.4. The number of carbonyl (C=O) groups excluding carboxylic acids is 2. The Bertz CT molecular complexity index is 732. The standard InChI is InChI=1S/C18H18ClNO4/c1-23-13-7-5-6-12(10-13)18(22)20-16(11-17(21)24-2)14-8-3-4-9-15(14)19/h3-10,16H,11H2,1-2H3,(H,20,22)/t16-/m0/s1. The van der Waals surface area contributed by atoms with Gasteiger partial charge in [-0.15, -0.1) is 0 Å². The fraction of sp³-hybridized carbons (Fsp3) is 0.222. The van der Waals surface area contributed by atoms with E-state index in [4.69, 9.17) is 21.1 Å². The van der Waals surface area contributed by atoms with Crippen molar-refractivity contribution in [1.82, 2.24) is 5.32 Å². The Hall–Kier alpha value is -2.53. The topological polar surface area (TPSA) is 64.6 Å². The number of esters is 1. The molecule has 5 nitrogen and oxygen atoms in total. The van der Waals surface area contributed by atoms with E-state index < -0.39 is 12.0 Å². The molecule has 6 heteroatoms. The number of ether oxygens (including phenoxy) is 2. The number of benzene rings is 2. The first kappa shape index (κ1) is 17.8. The monoisotopic (exact) mass is 347 g/mol. The molecule has 1 N–H and O–H groups in total. The summed E-state index contributed by atoms with van der Waals surface area (Å²) in [5.41, 5.74) is 1.08. The van der Waals surface area contributed by atoms with Gasteiger partial charge < -0.3 is 14.8 Å². The van der Waals surface area contributed by atoms with Gasteiger partial charge in [-0.1, -0.05) is 35.9 Å². The molecule has 0 unspecified atom stereocenters. The van der Waals surface area contributed by atoms with E-state index in [-0.39, 0.29) is 12.3 Å². The van der Waals surface area contributed by atoms with Crippen molar-refractivity contribution >= 4 is 23.5 Å². The highest BCUT2D eigenvalue weighted by atomic mass is 35.5. The predicted molar refractivity (Wildman–Crippen MR) is 91.3 cm³/mol. The highest BCUT2D eigenvalue weighted by Crippen LogP contribution is 2.26. The second-order valence-corrected chi connectivity index (χ2v) is 5.47. The molecule has 2 aromatic carbocycles. The maximum atomic E-state index is 12.5. The Balaban J connectivity index is 2.25. The van der Waals surface area contributed by atoms with Gasteiger partial charge in [0.05, 0.1) is 26.7 Å². The number of hydrogen-bond donors (Lipinski definition) is 1. The Morgan fingerprint density at radius 2 is 1.88 bits per heavy atom. The molecule has 0 fully saturated rings. The van der Waals surface area contributed by atoms with Crippen molar-refractivity contribution in [3.63, 3.8) is 0 Å². The van der Waals surface area contributed by atoms with Gasteiger partial charge in [-0.25, -0.2) is 0 Å². The normalized spacial score (nSPS) is 11.5. The molecule has 0 spiro atoms. The van der Waals surface area contributed by atoms with E-state index in [0.29, 0.717) is 21.9 Å². The summed E-state index contributed by atoms with van der Waals surface area (Å²) in [5.74, 6) is -0.196. The van der Waals surface area contributed by atoms with Gasteiger partial charge in [-0.2, -0.15) is 0 Å². The fourth-order valence-electron chi connectivity index (χ4n) is 2.25. The van der Waals surface area contributed by atoms with E-state index in [1.807, 2.05) is 0 Å². The summed E-state index contributed by atoms with van der Waals surface area (Å²) in [5, 5.41) is 3.30. The molecule has 0 saturated carbocycles. The smallest absolute Gasteiger partial charge is 0.307 e. The lowest BCUT2D eigenvalue weighted by Crippen LogP contribution is -2.30. The van der Waals surface area contributed by atoms with Gasteiger partial charge in [-0.3, -0.25) is 9.59 Å². The maximum Gasteiger partial charge on any atom is 0.307 e. The van der Waals surface area contributed by atoms with Gasteiger partial charge in [0.2, 0.25) is 0 Å². The van der Waals surface area contributed by atoms with Gasteiger partial charge in [-0.05, 0) is 29.8 Å². The quantitative estimate of drug-likeness (QED) is 0.813. The molecule has 0 aliphatic heterocycles. The molecule has 0 bridgehead atoms. The summed E-state index contributed by atoms with van der Waals surface area (Å²) in [6.07, 6.45) is -0.0179. The van der Waals surface area contributed by atoms with Gasteiger partial charge >= 0.3 is 5.97 Å². The van der Waals surface area contributed by atoms with Crippen LogP contribution < -0.4 is 10.1 Å². The minimum absolute atomic E-state index is 0.0179. The van der Waals surface area contributed by atoms with Crippen LogP contribution in [-0.2, 0) is 9.53 Å². The molecule has 0 saturated heterocycles. The zero-order chi connectivity index (χ0) is 17.5. The van der Waals surface area contributed by atoms with Crippen LogP contribution in [0.25, 0.3) is 0 Å². The van der Waals surface area contributed by atoms with E-state index >= 15 is 0 Å². The Morgan fingerprint density at radius 1 is 1.12 bits per heavy atom. The molecule has 24 heavy (non-hydrogen) atoms. The van der Waals surface area contributed by atoms with E-state index in [1.54, 1.807) is 48.5 Å². The molecule has 2 aromatic rings. The Kier molecular flexibility index (Phi) is 6.21. The number of rotatable bonds is 6. The zero-order valence-corrected chi connectivity index (χ0v) is 14.2. The molecular weight excluding hydrogens is 330 g/mol. The van der Waals surface area contributed by atoms with Crippen molar-refractivity contribution in [3.8, 4) is 5.75 Å². The largest absolute Gasteiger partial charge is 0.497 e. The number of halogens is 1. The first-order chi connectivity index (χ1) is 11.5. The van der Waals surface area contributed by atoms with Crippen molar-refractivity contribution < 1.29 is 19.1 Å². The molecule has 0 aliphatic rings. The van der Waals surface area contributed by atoms with Crippen molar-refractivity contribution in [2.45, 2.75) is 12.5 Å². The van der Waals surface area contributed by atoms with Crippen LogP contribution in [0, 0.1) is 0 Å².